The average molecular weight is 409 g/mol. The van der Waals surface area contributed by atoms with Crippen LogP contribution in [-0.4, -0.2) is 43.0 Å². The summed E-state index contributed by atoms with van der Waals surface area (Å²) >= 11 is 0. The van der Waals surface area contributed by atoms with E-state index in [0.29, 0.717) is 12.0 Å². The van der Waals surface area contributed by atoms with Crippen molar-refractivity contribution in [3.63, 3.8) is 0 Å². The Hall–Kier alpha value is -0.0800. The molecule has 3 unspecified atom stereocenters. The van der Waals surface area contributed by atoms with Gasteiger partial charge in [-0.25, -0.2) is 4.99 Å². The van der Waals surface area contributed by atoms with Crippen LogP contribution in [0.1, 0.15) is 51.9 Å². The van der Waals surface area contributed by atoms with Crippen molar-refractivity contribution in [3.05, 3.63) is 0 Å². The highest BCUT2D eigenvalue weighted by molar-refractivity contribution is 14.0. The number of hydrogen-bond acceptors (Lipinski definition) is 3. The van der Waals surface area contributed by atoms with Gasteiger partial charge in [-0.15, -0.1) is 24.0 Å². The van der Waals surface area contributed by atoms with E-state index in [1.165, 1.54) is 25.7 Å². The molecule has 3 atom stereocenters. The van der Waals surface area contributed by atoms with Gasteiger partial charge in [0.05, 0.1) is 12.1 Å². The van der Waals surface area contributed by atoms with Crippen molar-refractivity contribution in [1.29, 1.82) is 0 Å². The van der Waals surface area contributed by atoms with E-state index in [9.17, 15) is 0 Å². The van der Waals surface area contributed by atoms with Crippen molar-refractivity contribution in [2.75, 3.05) is 13.2 Å². The lowest BCUT2D eigenvalue weighted by Crippen LogP contribution is -2.63. The Morgan fingerprint density at radius 1 is 1.38 bits per heavy atom. The van der Waals surface area contributed by atoms with Crippen molar-refractivity contribution in [3.8, 4) is 0 Å². The molecule has 0 bridgehead atoms. The molecule has 2 aliphatic carbocycles. The minimum atomic E-state index is -0.196. The molecule has 21 heavy (non-hydrogen) atoms. The number of aliphatic imine (C=N–C) groups is 1. The van der Waals surface area contributed by atoms with Gasteiger partial charge in [-0.3, -0.25) is 0 Å². The van der Waals surface area contributed by atoms with Crippen molar-refractivity contribution in [2.45, 2.75) is 75.7 Å². The highest BCUT2D eigenvalue weighted by atomic mass is 127. The van der Waals surface area contributed by atoms with Crippen LogP contribution >= 0.6 is 24.0 Å². The summed E-state index contributed by atoms with van der Waals surface area (Å²) in [5.74, 6) is 0.590. The lowest BCUT2D eigenvalue weighted by molar-refractivity contribution is -0.188. The Morgan fingerprint density at radius 3 is 2.76 bits per heavy atom. The summed E-state index contributed by atoms with van der Waals surface area (Å²) < 4.78 is 11.8. The largest absolute Gasteiger partial charge is 0.375 e. The van der Waals surface area contributed by atoms with Crippen LogP contribution in [-0.2, 0) is 9.47 Å². The minimum absolute atomic E-state index is 0. The molecule has 3 aliphatic rings. The monoisotopic (exact) mass is 409 g/mol. The zero-order valence-electron chi connectivity index (χ0n) is 12.8. The summed E-state index contributed by atoms with van der Waals surface area (Å²) in [6, 6.07) is 0.678. The van der Waals surface area contributed by atoms with Crippen LogP contribution in [0.5, 0.6) is 0 Å². The maximum absolute atomic E-state index is 6.08. The Kier molecular flexibility index (Phi) is 6.14. The van der Waals surface area contributed by atoms with Crippen molar-refractivity contribution < 1.29 is 9.47 Å². The maximum atomic E-state index is 6.08. The summed E-state index contributed by atoms with van der Waals surface area (Å²) in [5, 5.41) is 3.36. The quantitative estimate of drug-likeness (QED) is 0.424. The third kappa shape index (κ3) is 3.47. The summed E-state index contributed by atoms with van der Waals surface area (Å²) in [6.07, 6.45) is 8.30. The first-order valence-corrected chi connectivity index (χ1v) is 8.10. The molecule has 0 aromatic rings. The van der Waals surface area contributed by atoms with Crippen molar-refractivity contribution >= 4 is 29.9 Å². The number of nitrogens with zero attached hydrogens (tertiary/aromatic N) is 1. The molecule has 6 heteroatoms. The van der Waals surface area contributed by atoms with Crippen LogP contribution < -0.4 is 11.1 Å². The number of rotatable bonds is 4. The lowest BCUT2D eigenvalue weighted by atomic mass is 9.70. The fourth-order valence-electron chi connectivity index (χ4n) is 3.91. The highest BCUT2D eigenvalue weighted by Gasteiger charge is 2.59. The predicted molar refractivity (Wildman–Crippen MR) is 94.2 cm³/mol. The van der Waals surface area contributed by atoms with E-state index in [-0.39, 0.29) is 41.7 Å². The molecule has 1 spiro atoms. The lowest BCUT2D eigenvalue weighted by Gasteiger charge is -2.50. The van der Waals surface area contributed by atoms with Gasteiger partial charge in [-0.1, -0.05) is 12.8 Å². The van der Waals surface area contributed by atoms with Gasteiger partial charge >= 0.3 is 0 Å². The summed E-state index contributed by atoms with van der Waals surface area (Å²) in [6.45, 7) is 3.60. The van der Waals surface area contributed by atoms with E-state index < -0.39 is 0 Å². The van der Waals surface area contributed by atoms with Gasteiger partial charge in [0, 0.05) is 25.7 Å². The fraction of sp³-hybridized carbons (Fsp3) is 0.933. The van der Waals surface area contributed by atoms with Crippen LogP contribution in [0.25, 0.3) is 0 Å². The standard InChI is InChI=1S/C15H27N3O2.HI/c1-2-19-13-10-12(15(13)8-5-9-20-15)18-14(16)17-11-6-3-4-7-11;/h11-13H,2-10H2,1H3,(H3,16,17,18);1H. The Bertz CT molecular complexity index is 366. The second-order valence-corrected chi connectivity index (χ2v) is 6.24. The van der Waals surface area contributed by atoms with E-state index in [1.54, 1.807) is 0 Å². The van der Waals surface area contributed by atoms with Crippen molar-refractivity contribution in [2.24, 2.45) is 10.7 Å². The van der Waals surface area contributed by atoms with Gasteiger partial charge in [0.15, 0.2) is 5.96 Å². The summed E-state index contributed by atoms with van der Waals surface area (Å²) in [7, 11) is 0. The van der Waals surface area contributed by atoms with E-state index in [0.717, 1.165) is 32.5 Å². The van der Waals surface area contributed by atoms with Gasteiger partial charge in [0.2, 0.25) is 0 Å². The number of nitrogens with one attached hydrogen (secondary N) is 1. The predicted octanol–water partition coefficient (Wildman–Crippen LogP) is 2.18. The molecule has 3 rings (SSSR count). The maximum Gasteiger partial charge on any atom is 0.189 e. The van der Waals surface area contributed by atoms with Crippen LogP contribution in [0.2, 0.25) is 0 Å². The van der Waals surface area contributed by atoms with Crippen LogP contribution in [0.4, 0.5) is 0 Å². The Labute approximate surface area is 144 Å². The van der Waals surface area contributed by atoms with Crippen LogP contribution in [0.15, 0.2) is 4.99 Å². The number of hydrogen-bond donors (Lipinski definition) is 2. The molecule has 3 N–H and O–H groups in total. The molecule has 0 amide bonds. The van der Waals surface area contributed by atoms with Gasteiger partial charge < -0.3 is 20.5 Å². The molecular formula is C15H28IN3O2. The van der Waals surface area contributed by atoms with E-state index >= 15 is 0 Å². The molecule has 1 heterocycles. The Balaban J connectivity index is 0.00000161. The molecule has 1 saturated heterocycles. The molecule has 5 nitrogen and oxygen atoms in total. The second-order valence-electron chi connectivity index (χ2n) is 6.24. The molecular weight excluding hydrogens is 381 g/mol. The summed E-state index contributed by atoms with van der Waals surface area (Å²) in [4.78, 5) is 4.69. The third-order valence-electron chi connectivity index (χ3n) is 5.00. The molecule has 3 fully saturated rings. The first-order chi connectivity index (χ1) is 9.74. The van der Waals surface area contributed by atoms with Crippen LogP contribution in [0.3, 0.4) is 0 Å². The zero-order valence-corrected chi connectivity index (χ0v) is 15.2. The average Bonchev–Trinajstić information content (AvgIpc) is 3.09. The van der Waals surface area contributed by atoms with E-state index in [4.69, 9.17) is 20.2 Å². The number of nitrogens with two attached hydrogens (primary N) is 1. The van der Waals surface area contributed by atoms with E-state index in [2.05, 4.69) is 5.32 Å². The molecule has 0 aromatic heterocycles. The molecule has 0 aromatic carbocycles. The fourth-order valence-corrected chi connectivity index (χ4v) is 3.91. The first kappa shape index (κ1) is 17.3. The van der Waals surface area contributed by atoms with Crippen molar-refractivity contribution in [1.82, 2.24) is 5.32 Å². The number of halogens is 1. The minimum Gasteiger partial charge on any atom is -0.375 e. The molecule has 122 valence electrons. The van der Waals surface area contributed by atoms with Gasteiger partial charge in [-0.2, -0.15) is 0 Å². The molecule has 0 radical (unpaired) electrons. The highest BCUT2D eigenvalue weighted by Crippen LogP contribution is 2.47. The topological polar surface area (TPSA) is 68.9 Å². The smallest absolute Gasteiger partial charge is 0.189 e. The SMILES string of the molecule is CCOC1CC(N=C(N)NC2CCCC2)C12CCCO2.I. The normalized spacial score (nSPS) is 36.5. The number of ether oxygens (including phenoxy) is 2. The van der Waals surface area contributed by atoms with Gasteiger partial charge in [-0.05, 0) is 32.6 Å². The number of guanidine groups is 1. The molecule has 2 saturated carbocycles. The summed E-state index contributed by atoms with van der Waals surface area (Å²) in [5.41, 5.74) is 5.88. The van der Waals surface area contributed by atoms with Gasteiger partial charge in [0.1, 0.15) is 5.60 Å². The van der Waals surface area contributed by atoms with Crippen LogP contribution in [0, 0.1) is 0 Å². The third-order valence-corrected chi connectivity index (χ3v) is 5.00. The first-order valence-electron chi connectivity index (χ1n) is 8.10. The second kappa shape index (κ2) is 7.46. The zero-order chi connectivity index (χ0) is 14.0. The van der Waals surface area contributed by atoms with E-state index in [1.807, 2.05) is 6.92 Å². The molecule has 1 aliphatic heterocycles. The van der Waals surface area contributed by atoms with Gasteiger partial charge in [0.25, 0.3) is 0 Å². The Morgan fingerprint density at radius 2 is 2.14 bits per heavy atom.